The summed E-state index contributed by atoms with van der Waals surface area (Å²) in [6, 6.07) is 54.7. The Morgan fingerprint density at radius 1 is 0.620 bits per heavy atom. The van der Waals surface area contributed by atoms with Crippen LogP contribution in [0.15, 0.2) is 176 Å². The molecule has 0 saturated carbocycles. The number of hydrogen-bond acceptors (Lipinski definition) is 0. The van der Waals surface area contributed by atoms with E-state index in [0.717, 1.165) is 6.42 Å². The summed E-state index contributed by atoms with van der Waals surface area (Å²) < 4.78 is 0. The second kappa shape index (κ2) is 16.0. The molecule has 50 heavy (non-hydrogen) atoms. The molecule has 1 aliphatic carbocycles. The van der Waals surface area contributed by atoms with Gasteiger partial charge in [0.1, 0.15) is 0 Å². The zero-order chi connectivity index (χ0) is 35.7. The van der Waals surface area contributed by atoms with Gasteiger partial charge in [-0.15, -0.1) is 0 Å². The van der Waals surface area contributed by atoms with Crippen molar-refractivity contribution in [2.75, 3.05) is 0 Å². The van der Waals surface area contributed by atoms with Gasteiger partial charge in [0, 0.05) is 10.8 Å². The summed E-state index contributed by atoms with van der Waals surface area (Å²) in [4.78, 5) is 0. The summed E-state index contributed by atoms with van der Waals surface area (Å²) in [6.07, 6.45) is 4.95. The molecule has 0 bridgehead atoms. The van der Waals surface area contributed by atoms with E-state index in [1.54, 1.807) is 0 Å². The summed E-state index contributed by atoms with van der Waals surface area (Å²) >= 11 is 0. The van der Waals surface area contributed by atoms with Crippen molar-refractivity contribution >= 4 is 0 Å². The van der Waals surface area contributed by atoms with Crippen LogP contribution in [0.5, 0.6) is 0 Å². The molecule has 0 nitrogen and oxygen atoms in total. The Bertz CT molecular complexity index is 1990. The number of hydrogen-bond donors (Lipinski definition) is 0. The molecule has 0 amide bonds. The van der Waals surface area contributed by atoms with Crippen molar-refractivity contribution in [2.24, 2.45) is 0 Å². The van der Waals surface area contributed by atoms with E-state index in [1.807, 2.05) is 19.9 Å². The predicted octanol–water partition coefficient (Wildman–Crippen LogP) is 13.7. The second-order valence-corrected chi connectivity index (χ2v) is 13.7. The summed E-state index contributed by atoms with van der Waals surface area (Å²) in [5.41, 5.74) is 16.1. The number of aryl methyl sites for hydroxylation is 1. The van der Waals surface area contributed by atoms with Gasteiger partial charge in [0.2, 0.25) is 0 Å². The molecule has 6 aromatic rings. The monoisotopic (exact) mass is 652 g/mol. The van der Waals surface area contributed by atoms with Crippen LogP contribution in [0, 0.1) is 6.92 Å². The molecule has 252 valence electrons. The number of allylic oxidation sites excluding steroid dienone is 3. The molecule has 0 N–H and O–H groups in total. The molecular weight excluding hydrogens is 601 g/mol. The van der Waals surface area contributed by atoms with E-state index in [-0.39, 0.29) is 10.8 Å². The van der Waals surface area contributed by atoms with E-state index in [4.69, 9.17) is 0 Å². The van der Waals surface area contributed by atoms with Crippen LogP contribution in [0.1, 0.15) is 80.5 Å². The van der Waals surface area contributed by atoms with E-state index in [0.29, 0.717) is 0 Å². The van der Waals surface area contributed by atoms with E-state index < -0.39 is 0 Å². The summed E-state index contributed by atoms with van der Waals surface area (Å²) in [7, 11) is 0. The van der Waals surface area contributed by atoms with Gasteiger partial charge in [0.25, 0.3) is 0 Å². The molecule has 1 aliphatic rings. The number of benzene rings is 6. The van der Waals surface area contributed by atoms with E-state index >= 15 is 0 Å². The normalized spacial score (nSPS) is 13.7. The van der Waals surface area contributed by atoms with Gasteiger partial charge in [-0.2, -0.15) is 0 Å². The van der Waals surface area contributed by atoms with E-state index in [2.05, 4.69) is 199 Å². The van der Waals surface area contributed by atoms with Gasteiger partial charge >= 0.3 is 0 Å². The zero-order valence-corrected chi connectivity index (χ0v) is 31.0. The number of fused-ring (bicyclic) bond motifs is 3. The molecule has 0 fully saturated rings. The van der Waals surface area contributed by atoms with Crippen LogP contribution in [-0.2, 0) is 17.3 Å². The highest BCUT2D eigenvalue weighted by Crippen LogP contribution is 2.48. The van der Waals surface area contributed by atoms with Crippen molar-refractivity contribution in [1.29, 1.82) is 0 Å². The molecule has 7 rings (SSSR count). The second-order valence-electron chi connectivity index (χ2n) is 13.7. The molecule has 0 aliphatic heterocycles. The Morgan fingerprint density at radius 3 is 1.66 bits per heavy atom. The number of rotatable bonds is 7. The average Bonchev–Trinajstić information content (AvgIpc) is 3.40. The molecule has 0 spiro atoms. The maximum atomic E-state index is 3.95. The van der Waals surface area contributed by atoms with Crippen LogP contribution in [0.3, 0.4) is 0 Å². The first-order valence-corrected chi connectivity index (χ1v) is 18.0. The molecule has 0 radical (unpaired) electrons. The highest BCUT2D eigenvalue weighted by Gasteiger charge is 2.34. The molecule has 1 unspecified atom stereocenters. The topological polar surface area (TPSA) is 0 Å². The summed E-state index contributed by atoms with van der Waals surface area (Å²) in [6.45, 7) is 19.3. The van der Waals surface area contributed by atoms with Gasteiger partial charge in [-0.3, -0.25) is 0 Å². The van der Waals surface area contributed by atoms with Gasteiger partial charge in [-0.1, -0.05) is 204 Å². The maximum absolute atomic E-state index is 3.95. The molecule has 0 saturated heterocycles. The van der Waals surface area contributed by atoms with Gasteiger partial charge in [0.05, 0.1) is 0 Å². The Labute approximate surface area is 301 Å². The largest absolute Gasteiger partial charge is 0.0991 e. The van der Waals surface area contributed by atoms with Crippen molar-refractivity contribution in [2.45, 2.75) is 65.7 Å². The fourth-order valence-corrected chi connectivity index (χ4v) is 7.38. The van der Waals surface area contributed by atoms with E-state index in [1.165, 1.54) is 66.8 Å². The van der Waals surface area contributed by atoms with Gasteiger partial charge in [-0.05, 0) is 88.4 Å². The van der Waals surface area contributed by atoms with Crippen LogP contribution >= 0.6 is 0 Å². The molecule has 1 atom stereocenters. The van der Waals surface area contributed by atoms with E-state index in [9.17, 15) is 0 Å². The lowest BCUT2D eigenvalue weighted by Gasteiger charge is -2.34. The minimum Gasteiger partial charge on any atom is -0.0991 e. The maximum Gasteiger partial charge on any atom is 0.0386 e. The first kappa shape index (κ1) is 36.1. The summed E-state index contributed by atoms with van der Waals surface area (Å²) in [5.74, 6) is 0. The standard InChI is InChI=1S/C33H32.C15H14.C2H6/c1-5-12-26(3)33(4,31-15-10-7-11-16-31)32-24-28(18-17-25(32)2)23-27-19-21-30(22-20-27)29-13-8-6-9-14-29;1-15(2)13-9-5-3-7-11(13)12-8-4-6-10-14(12)15;1-2/h5-22,24H,1,23H2,2-4H3;3-10H,1-2H3;1-2H3/b26-12+;;. The van der Waals surface area contributed by atoms with Crippen LogP contribution < -0.4 is 0 Å². The van der Waals surface area contributed by atoms with Crippen LogP contribution in [-0.4, -0.2) is 0 Å². The first-order chi connectivity index (χ1) is 24.2. The van der Waals surface area contributed by atoms with Crippen molar-refractivity contribution in [3.63, 3.8) is 0 Å². The lowest BCUT2D eigenvalue weighted by molar-refractivity contribution is 0.660. The average molecular weight is 653 g/mol. The van der Waals surface area contributed by atoms with Gasteiger partial charge in [0.15, 0.2) is 0 Å². The molecule has 0 heteroatoms. The molecule has 0 heterocycles. The Kier molecular flexibility index (Phi) is 11.6. The van der Waals surface area contributed by atoms with Gasteiger partial charge < -0.3 is 0 Å². The molecule has 0 aromatic heterocycles. The van der Waals surface area contributed by atoms with Crippen LogP contribution in [0.25, 0.3) is 22.3 Å². The smallest absolute Gasteiger partial charge is 0.0386 e. The molecule has 6 aromatic carbocycles. The van der Waals surface area contributed by atoms with Crippen molar-refractivity contribution in [3.8, 4) is 22.3 Å². The first-order valence-electron chi connectivity index (χ1n) is 18.0. The fraction of sp³-hybridized carbons (Fsp3) is 0.200. The SMILES string of the molecule is C=C/C=C(\C)C(C)(c1ccccc1)c1cc(Cc2ccc(-c3ccccc3)cc2)ccc1C.CC.CC1(C)c2ccccc2-c2ccccc21. The van der Waals surface area contributed by atoms with Crippen molar-refractivity contribution in [3.05, 3.63) is 215 Å². The minimum absolute atomic E-state index is 0.160. The third-order valence-electron chi connectivity index (χ3n) is 10.3. The fourth-order valence-electron chi connectivity index (χ4n) is 7.38. The highest BCUT2D eigenvalue weighted by molar-refractivity contribution is 5.80. The Hall–Kier alpha value is -5.20. The highest BCUT2D eigenvalue weighted by atomic mass is 14.4. The minimum atomic E-state index is -0.216. The Morgan fingerprint density at radius 2 is 1.10 bits per heavy atom. The third kappa shape index (κ3) is 7.36. The third-order valence-corrected chi connectivity index (χ3v) is 10.3. The lowest BCUT2D eigenvalue weighted by Crippen LogP contribution is -2.26. The van der Waals surface area contributed by atoms with Gasteiger partial charge in [-0.25, -0.2) is 0 Å². The molecular formula is C50H52. The Balaban J connectivity index is 0.000000236. The predicted molar refractivity (Wildman–Crippen MR) is 218 cm³/mol. The quantitative estimate of drug-likeness (QED) is 0.151. The van der Waals surface area contributed by atoms with Crippen molar-refractivity contribution < 1.29 is 0 Å². The zero-order valence-electron chi connectivity index (χ0n) is 31.0. The van der Waals surface area contributed by atoms with Crippen molar-refractivity contribution in [1.82, 2.24) is 0 Å². The van der Waals surface area contributed by atoms with Crippen LogP contribution in [0.4, 0.5) is 0 Å². The lowest BCUT2D eigenvalue weighted by atomic mass is 9.69. The van der Waals surface area contributed by atoms with Crippen LogP contribution in [0.2, 0.25) is 0 Å². The summed E-state index contributed by atoms with van der Waals surface area (Å²) in [5, 5.41) is 0.